The van der Waals surface area contributed by atoms with Crippen molar-refractivity contribution in [1.82, 2.24) is 0 Å². The summed E-state index contributed by atoms with van der Waals surface area (Å²) in [5.41, 5.74) is 1.19. The Morgan fingerprint density at radius 3 is 2.60 bits per heavy atom. The zero-order chi connectivity index (χ0) is 11.5. The Balaban J connectivity index is 2.71. The zero-order valence-electron chi connectivity index (χ0n) is 9.43. The zero-order valence-corrected chi connectivity index (χ0v) is 10.3. The molecule has 0 radical (unpaired) electrons. The molecule has 0 amide bonds. The smallest absolute Gasteiger partial charge is 0.270 e. The third kappa shape index (κ3) is 3.18. The van der Waals surface area contributed by atoms with E-state index in [2.05, 4.69) is 13.8 Å². The molecule has 15 heavy (non-hydrogen) atoms. The highest BCUT2D eigenvalue weighted by Crippen LogP contribution is 2.22. The Kier molecular flexibility index (Phi) is 4.11. The lowest BCUT2D eigenvalue weighted by molar-refractivity contribution is 0.334. The molecule has 1 rings (SSSR count). The maximum atomic E-state index is 11.6. The maximum absolute atomic E-state index is 11.6. The molecule has 0 N–H and O–H groups in total. The quantitative estimate of drug-likeness (QED) is 0.696. The summed E-state index contributed by atoms with van der Waals surface area (Å²) < 4.78 is 27.9. The second-order valence-corrected chi connectivity index (χ2v) is 5.72. The van der Waals surface area contributed by atoms with Crippen LogP contribution in [0.1, 0.15) is 27.2 Å². The fraction of sp³-hybridized carbons (Fsp3) is 0.636. The van der Waals surface area contributed by atoms with E-state index in [4.69, 9.17) is 4.18 Å². The molecule has 0 aromatic heterocycles. The number of hydrogen-bond acceptors (Lipinski definition) is 3. The van der Waals surface area contributed by atoms with Crippen molar-refractivity contribution in [3.05, 3.63) is 23.8 Å². The van der Waals surface area contributed by atoms with Crippen molar-refractivity contribution in [2.45, 2.75) is 32.4 Å². The van der Waals surface area contributed by atoms with Crippen LogP contribution in [0.3, 0.4) is 0 Å². The molecule has 0 spiro atoms. The molecule has 0 bridgehead atoms. The predicted molar refractivity (Wildman–Crippen MR) is 61.0 cm³/mol. The van der Waals surface area contributed by atoms with Gasteiger partial charge in [-0.1, -0.05) is 32.1 Å². The summed E-state index contributed by atoms with van der Waals surface area (Å²) in [6, 6.07) is 0. The summed E-state index contributed by atoms with van der Waals surface area (Å²) in [7, 11) is -3.41. The van der Waals surface area contributed by atoms with Crippen LogP contribution in [0.2, 0.25) is 0 Å². The van der Waals surface area contributed by atoms with Crippen molar-refractivity contribution in [2.75, 3.05) is 6.61 Å². The summed E-state index contributed by atoms with van der Waals surface area (Å²) in [5.74, 6) is 0.442. The molecule has 0 saturated carbocycles. The van der Waals surface area contributed by atoms with Crippen LogP contribution in [0, 0.1) is 5.92 Å². The van der Waals surface area contributed by atoms with Gasteiger partial charge in [0.15, 0.2) is 0 Å². The Labute approximate surface area is 92.0 Å². The van der Waals surface area contributed by atoms with Gasteiger partial charge >= 0.3 is 0 Å². The molecule has 1 aliphatic rings. The second-order valence-electron chi connectivity index (χ2n) is 3.89. The summed E-state index contributed by atoms with van der Waals surface area (Å²) in [5, 5.41) is -0.514. The maximum Gasteiger partial charge on any atom is 0.274 e. The summed E-state index contributed by atoms with van der Waals surface area (Å²) in [6.45, 7) is 6.06. The summed E-state index contributed by atoms with van der Waals surface area (Å²) in [4.78, 5) is 0. The van der Waals surface area contributed by atoms with Crippen molar-refractivity contribution in [3.63, 3.8) is 0 Å². The van der Waals surface area contributed by atoms with Gasteiger partial charge in [-0.05, 0) is 24.8 Å². The standard InChI is InChI=1S/C11H18O3S/c1-4-14-15(12,13)11-7-5-10(6-8-11)9(2)3/h5-7,9,11H,4,8H2,1-3H3. The molecule has 86 valence electrons. The van der Waals surface area contributed by atoms with E-state index in [1.165, 1.54) is 5.57 Å². The fourth-order valence-electron chi connectivity index (χ4n) is 1.51. The average Bonchev–Trinajstić information content (AvgIpc) is 2.18. The molecular formula is C11H18O3S. The third-order valence-electron chi connectivity index (χ3n) is 2.41. The van der Waals surface area contributed by atoms with Gasteiger partial charge in [-0.25, -0.2) is 0 Å². The van der Waals surface area contributed by atoms with Gasteiger partial charge < -0.3 is 0 Å². The molecule has 4 heteroatoms. The molecule has 1 atom stereocenters. The molecule has 0 aromatic carbocycles. The molecule has 0 aliphatic heterocycles. The molecule has 1 aliphatic carbocycles. The van der Waals surface area contributed by atoms with Crippen LogP contribution < -0.4 is 0 Å². The van der Waals surface area contributed by atoms with E-state index in [0.29, 0.717) is 12.3 Å². The van der Waals surface area contributed by atoms with E-state index in [9.17, 15) is 8.42 Å². The molecule has 0 heterocycles. The first kappa shape index (κ1) is 12.5. The molecule has 1 unspecified atom stereocenters. The topological polar surface area (TPSA) is 43.4 Å². The van der Waals surface area contributed by atoms with E-state index in [1.807, 2.05) is 12.2 Å². The van der Waals surface area contributed by atoms with E-state index < -0.39 is 15.4 Å². The molecule has 3 nitrogen and oxygen atoms in total. The minimum atomic E-state index is -3.41. The lowest BCUT2D eigenvalue weighted by Crippen LogP contribution is -2.22. The van der Waals surface area contributed by atoms with Gasteiger partial charge in [0.2, 0.25) is 0 Å². The number of allylic oxidation sites excluding steroid dienone is 3. The van der Waals surface area contributed by atoms with Crippen molar-refractivity contribution in [3.8, 4) is 0 Å². The first-order valence-corrected chi connectivity index (χ1v) is 6.71. The van der Waals surface area contributed by atoms with Crippen LogP contribution in [-0.2, 0) is 14.3 Å². The second kappa shape index (κ2) is 4.94. The lowest BCUT2D eigenvalue weighted by Gasteiger charge is -2.17. The summed E-state index contributed by atoms with van der Waals surface area (Å²) >= 11 is 0. The highest BCUT2D eigenvalue weighted by molar-refractivity contribution is 7.87. The Hall–Kier alpha value is -0.610. The highest BCUT2D eigenvalue weighted by atomic mass is 32.2. The molecular weight excluding hydrogens is 212 g/mol. The average molecular weight is 230 g/mol. The van der Waals surface area contributed by atoms with Crippen LogP contribution in [-0.4, -0.2) is 20.3 Å². The molecule has 0 fully saturated rings. The van der Waals surface area contributed by atoms with E-state index in [-0.39, 0.29) is 6.61 Å². The van der Waals surface area contributed by atoms with Gasteiger partial charge in [0.25, 0.3) is 10.1 Å². The Morgan fingerprint density at radius 1 is 1.53 bits per heavy atom. The molecule has 0 saturated heterocycles. The Morgan fingerprint density at radius 2 is 2.20 bits per heavy atom. The van der Waals surface area contributed by atoms with E-state index >= 15 is 0 Å². The number of rotatable bonds is 4. The van der Waals surface area contributed by atoms with E-state index in [1.54, 1.807) is 13.0 Å². The largest absolute Gasteiger partial charge is 0.274 e. The Bertz CT molecular complexity index is 363. The van der Waals surface area contributed by atoms with Crippen LogP contribution in [0.5, 0.6) is 0 Å². The lowest BCUT2D eigenvalue weighted by atomic mass is 9.97. The normalized spacial score (nSPS) is 21.9. The van der Waals surface area contributed by atoms with Crippen molar-refractivity contribution in [1.29, 1.82) is 0 Å². The SMILES string of the molecule is CCOS(=O)(=O)C1C=CC(C(C)C)=CC1. The minimum Gasteiger partial charge on any atom is -0.270 e. The molecule has 0 aromatic rings. The van der Waals surface area contributed by atoms with Gasteiger partial charge in [0.1, 0.15) is 5.25 Å². The summed E-state index contributed by atoms with van der Waals surface area (Å²) in [6.07, 6.45) is 6.11. The van der Waals surface area contributed by atoms with Crippen molar-refractivity contribution >= 4 is 10.1 Å². The highest BCUT2D eigenvalue weighted by Gasteiger charge is 2.24. The van der Waals surface area contributed by atoms with Crippen molar-refractivity contribution in [2.24, 2.45) is 5.92 Å². The van der Waals surface area contributed by atoms with Crippen LogP contribution >= 0.6 is 0 Å². The van der Waals surface area contributed by atoms with Crippen molar-refractivity contribution < 1.29 is 12.6 Å². The van der Waals surface area contributed by atoms with Gasteiger partial charge in [0.05, 0.1) is 6.61 Å². The van der Waals surface area contributed by atoms with Gasteiger partial charge in [0, 0.05) is 0 Å². The minimum absolute atomic E-state index is 0.202. The van der Waals surface area contributed by atoms with Crippen LogP contribution in [0.25, 0.3) is 0 Å². The van der Waals surface area contributed by atoms with Crippen LogP contribution in [0.4, 0.5) is 0 Å². The fourth-order valence-corrected chi connectivity index (χ4v) is 2.62. The number of hydrogen-bond donors (Lipinski definition) is 0. The monoisotopic (exact) mass is 230 g/mol. The van der Waals surface area contributed by atoms with Crippen LogP contribution in [0.15, 0.2) is 23.8 Å². The third-order valence-corrected chi connectivity index (χ3v) is 4.06. The first-order valence-electron chi connectivity index (χ1n) is 5.24. The first-order chi connectivity index (χ1) is 6.97. The van der Waals surface area contributed by atoms with E-state index in [0.717, 1.165) is 0 Å². The van der Waals surface area contributed by atoms with Gasteiger partial charge in [-0.2, -0.15) is 8.42 Å². The van der Waals surface area contributed by atoms with Gasteiger partial charge in [-0.15, -0.1) is 0 Å². The predicted octanol–water partition coefficient (Wildman–Crippen LogP) is 2.26. The van der Waals surface area contributed by atoms with Gasteiger partial charge in [-0.3, -0.25) is 4.18 Å².